The van der Waals surface area contributed by atoms with Crippen LogP contribution in [0.25, 0.3) is 11.0 Å². The summed E-state index contributed by atoms with van der Waals surface area (Å²) in [6, 6.07) is 8.28. The molecule has 10 nitrogen and oxygen atoms in total. The summed E-state index contributed by atoms with van der Waals surface area (Å²) in [6.07, 6.45) is 2.30. The first-order chi connectivity index (χ1) is 15.6. The molecule has 2 aliphatic rings. The third-order valence-electron chi connectivity index (χ3n) is 5.53. The van der Waals surface area contributed by atoms with E-state index in [0.717, 1.165) is 5.56 Å². The maximum atomic E-state index is 12.5. The van der Waals surface area contributed by atoms with Crippen LogP contribution in [0.3, 0.4) is 0 Å². The molecule has 0 aliphatic carbocycles. The van der Waals surface area contributed by atoms with Crippen molar-refractivity contribution in [3.63, 3.8) is 0 Å². The minimum Gasteiger partial charge on any atom is -0.343 e. The van der Waals surface area contributed by atoms with E-state index in [-0.39, 0.29) is 4.90 Å². The van der Waals surface area contributed by atoms with Crippen molar-refractivity contribution >= 4 is 38.9 Å². The lowest BCUT2D eigenvalue weighted by atomic mass is 10.1. The van der Waals surface area contributed by atoms with Crippen LogP contribution in [0.15, 0.2) is 52.9 Å². The number of rotatable bonds is 5. The molecule has 2 aromatic heterocycles. The van der Waals surface area contributed by atoms with Crippen LogP contribution in [0.4, 0.5) is 0 Å². The van der Waals surface area contributed by atoms with Gasteiger partial charge in [-0.15, -0.1) is 0 Å². The van der Waals surface area contributed by atoms with Crippen molar-refractivity contribution in [1.29, 1.82) is 0 Å². The van der Waals surface area contributed by atoms with E-state index in [1.165, 1.54) is 24.7 Å². The van der Waals surface area contributed by atoms with Crippen molar-refractivity contribution in [1.82, 2.24) is 19.4 Å². The van der Waals surface area contributed by atoms with Crippen LogP contribution >= 0.6 is 11.6 Å². The van der Waals surface area contributed by atoms with E-state index in [4.69, 9.17) is 25.8 Å². The highest BCUT2D eigenvalue weighted by Crippen LogP contribution is 2.43. The molecular formula is C21H22ClN5O5S. The van der Waals surface area contributed by atoms with Gasteiger partial charge in [-0.25, -0.2) is 14.8 Å². The van der Waals surface area contributed by atoms with Crippen molar-refractivity contribution in [3.05, 3.63) is 53.6 Å². The first-order valence-electron chi connectivity index (χ1n) is 10.2. The second-order valence-corrected chi connectivity index (χ2v) is 10.4. The Morgan fingerprint density at radius 1 is 1.15 bits per heavy atom. The molecule has 3 aromatic rings. The summed E-state index contributed by atoms with van der Waals surface area (Å²) in [5.74, 6) is -0.847. The zero-order valence-corrected chi connectivity index (χ0v) is 19.6. The highest BCUT2D eigenvalue weighted by molar-refractivity contribution is 7.89. The number of benzene rings is 1. The summed E-state index contributed by atoms with van der Waals surface area (Å²) < 4.78 is 45.2. The summed E-state index contributed by atoms with van der Waals surface area (Å²) >= 11 is 6.19. The van der Waals surface area contributed by atoms with Gasteiger partial charge >= 0.3 is 0 Å². The fourth-order valence-corrected chi connectivity index (χ4v) is 5.03. The quantitative estimate of drug-likeness (QED) is 0.331. The lowest BCUT2D eigenvalue weighted by molar-refractivity contribution is -0.188. The van der Waals surface area contributed by atoms with Gasteiger partial charge in [-0.2, -0.15) is 13.5 Å². The van der Waals surface area contributed by atoms with Crippen LogP contribution in [-0.4, -0.2) is 53.3 Å². The zero-order valence-electron chi connectivity index (χ0n) is 18.0. The molecule has 2 fully saturated rings. The number of hydrazone groups is 1. The zero-order chi connectivity index (χ0) is 23.4. The van der Waals surface area contributed by atoms with Gasteiger partial charge in [-0.1, -0.05) is 29.3 Å². The van der Waals surface area contributed by atoms with Crippen LogP contribution < -0.4 is 4.83 Å². The lowest BCUT2D eigenvalue weighted by Gasteiger charge is -2.24. The normalized spacial score (nSPS) is 26.8. The predicted molar refractivity (Wildman–Crippen MR) is 120 cm³/mol. The Balaban J connectivity index is 1.40. The number of hydrogen-bond acceptors (Lipinski definition) is 8. The third-order valence-corrected chi connectivity index (χ3v) is 7.07. The lowest BCUT2D eigenvalue weighted by Crippen LogP contribution is -2.31. The molecule has 4 heterocycles. The van der Waals surface area contributed by atoms with E-state index < -0.39 is 40.4 Å². The number of hydrogen-bond donors (Lipinski definition) is 1. The van der Waals surface area contributed by atoms with Gasteiger partial charge in [0.25, 0.3) is 10.0 Å². The molecule has 0 amide bonds. The molecule has 1 aromatic carbocycles. The Morgan fingerprint density at radius 3 is 2.64 bits per heavy atom. The monoisotopic (exact) mass is 491 g/mol. The molecule has 0 spiro atoms. The largest absolute Gasteiger partial charge is 0.343 e. The van der Waals surface area contributed by atoms with Gasteiger partial charge in [0.1, 0.15) is 35.4 Å². The SMILES string of the molecule is Cc1ccc(S(=O)(=O)N/N=C/[C@H]2O[C@@H](n3ccc4c(Cl)ncnc43)[C@@H]3OC(C)(C)O[C@@H]32)cc1. The Morgan fingerprint density at radius 2 is 1.88 bits per heavy atom. The minimum atomic E-state index is -3.82. The molecule has 12 heteroatoms. The van der Waals surface area contributed by atoms with Gasteiger partial charge < -0.3 is 18.8 Å². The highest BCUT2D eigenvalue weighted by Gasteiger charge is 2.55. The molecule has 2 aliphatic heterocycles. The van der Waals surface area contributed by atoms with Gasteiger partial charge in [0.2, 0.25) is 0 Å². The van der Waals surface area contributed by atoms with Crippen LogP contribution in [-0.2, 0) is 24.2 Å². The third kappa shape index (κ3) is 4.11. The molecule has 174 valence electrons. The second-order valence-electron chi connectivity index (χ2n) is 8.37. The van der Waals surface area contributed by atoms with E-state index in [0.29, 0.717) is 16.2 Å². The molecule has 0 bridgehead atoms. The van der Waals surface area contributed by atoms with Crippen molar-refractivity contribution in [3.8, 4) is 0 Å². The molecule has 4 atom stereocenters. The topological polar surface area (TPSA) is 117 Å². The van der Waals surface area contributed by atoms with Crippen LogP contribution in [0.5, 0.6) is 0 Å². The minimum absolute atomic E-state index is 0.116. The smallest absolute Gasteiger partial charge is 0.276 e. The van der Waals surface area contributed by atoms with Gasteiger partial charge in [-0.3, -0.25) is 0 Å². The van der Waals surface area contributed by atoms with Crippen molar-refractivity contribution in [2.75, 3.05) is 0 Å². The number of aryl methyl sites for hydroxylation is 1. The Labute approximate surface area is 195 Å². The second kappa shape index (κ2) is 8.03. The number of sulfonamides is 1. The Kier molecular flexibility index (Phi) is 5.41. The summed E-state index contributed by atoms with van der Waals surface area (Å²) in [7, 11) is -3.82. The first-order valence-corrected chi connectivity index (χ1v) is 12.1. The average molecular weight is 492 g/mol. The van der Waals surface area contributed by atoms with Crippen LogP contribution in [0, 0.1) is 6.92 Å². The Hall–Kier alpha value is -2.57. The maximum absolute atomic E-state index is 12.5. The van der Waals surface area contributed by atoms with E-state index >= 15 is 0 Å². The number of fused-ring (bicyclic) bond motifs is 2. The Bertz CT molecular complexity index is 1320. The average Bonchev–Trinajstić information content (AvgIpc) is 3.40. The van der Waals surface area contributed by atoms with Crippen LogP contribution in [0.2, 0.25) is 5.15 Å². The van der Waals surface area contributed by atoms with Crippen LogP contribution in [0.1, 0.15) is 25.6 Å². The molecular weight excluding hydrogens is 470 g/mol. The number of aromatic nitrogens is 3. The van der Waals surface area contributed by atoms with Gasteiger partial charge in [0.15, 0.2) is 12.0 Å². The number of nitrogens with zero attached hydrogens (tertiary/aromatic N) is 4. The van der Waals surface area contributed by atoms with Gasteiger partial charge in [-0.05, 0) is 39.0 Å². The number of nitrogens with one attached hydrogen (secondary N) is 1. The van der Waals surface area contributed by atoms with Crippen molar-refractivity contribution in [2.45, 2.75) is 56.0 Å². The molecule has 1 N–H and O–H groups in total. The maximum Gasteiger partial charge on any atom is 0.276 e. The molecule has 0 unspecified atom stereocenters. The summed E-state index contributed by atoms with van der Waals surface area (Å²) in [6.45, 7) is 5.50. The molecule has 2 saturated heterocycles. The first kappa shape index (κ1) is 22.2. The van der Waals surface area contributed by atoms with Crippen molar-refractivity contribution < 1.29 is 22.6 Å². The summed E-state index contributed by atoms with van der Waals surface area (Å²) in [5.41, 5.74) is 1.55. The predicted octanol–water partition coefficient (Wildman–Crippen LogP) is 2.77. The van der Waals surface area contributed by atoms with E-state index in [9.17, 15) is 8.42 Å². The van der Waals surface area contributed by atoms with Gasteiger partial charge in [0, 0.05) is 6.20 Å². The molecule has 0 saturated carbocycles. The molecule has 33 heavy (non-hydrogen) atoms. The van der Waals surface area contributed by atoms with Crippen molar-refractivity contribution in [2.24, 2.45) is 5.10 Å². The highest BCUT2D eigenvalue weighted by atomic mass is 35.5. The molecule has 5 rings (SSSR count). The van der Waals surface area contributed by atoms with E-state index in [1.807, 2.05) is 20.8 Å². The summed E-state index contributed by atoms with van der Waals surface area (Å²) in [5, 5.41) is 4.96. The standard InChI is InChI=1S/C21H22ClN5O5S/c1-12-4-6-13(7-5-12)33(28,29)26-25-10-15-16-17(32-21(2,3)31-16)20(30-15)27-9-8-14-18(22)23-11-24-19(14)27/h4-11,15-17,20,26H,1-3H3/b25-10+/t15-,16-,17-,20-/m1/s1. The fraction of sp³-hybridized carbons (Fsp3) is 0.381. The fourth-order valence-electron chi connectivity index (χ4n) is 4.04. The number of halogens is 1. The van der Waals surface area contributed by atoms with Gasteiger partial charge in [0.05, 0.1) is 16.5 Å². The van der Waals surface area contributed by atoms with E-state index in [2.05, 4.69) is 19.9 Å². The summed E-state index contributed by atoms with van der Waals surface area (Å²) in [4.78, 5) is 10.7. The molecule has 0 radical (unpaired) electrons. The van der Waals surface area contributed by atoms with E-state index in [1.54, 1.807) is 29.0 Å². The number of ether oxygens (including phenoxy) is 3.